The van der Waals surface area contributed by atoms with Crippen LogP contribution in [0, 0.1) is 6.92 Å². The monoisotopic (exact) mass is 451 g/mol. The second-order valence-corrected chi connectivity index (χ2v) is 9.84. The normalized spacial score (nSPS) is 13.0. The van der Waals surface area contributed by atoms with Crippen LogP contribution in [0.2, 0.25) is 0 Å². The summed E-state index contributed by atoms with van der Waals surface area (Å²) in [6, 6.07) is 17.4. The van der Waals surface area contributed by atoms with Gasteiger partial charge in [-0.05, 0) is 60.0 Å². The maximum atomic E-state index is 13.6. The van der Waals surface area contributed by atoms with Gasteiger partial charge in [-0.2, -0.15) is 0 Å². The molecule has 0 atom stereocenters. The summed E-state index contributed by atoms with van der Waals surface area (Å²) in [5.74, 6) is 1.28. The maximum absolute atomic E-state index is 13.6. The fourth-order valence-electron chi connectivity index (χ4n) is 3.73. The first-order valence-corrected chi connectivity index (χ1v) is 11.8. The van der Waals surface area contributed by atoms with Crippen molar-refractivity contribution in [2.24, 2.45) is 5.14 Å². The predicted octanol–water partition coefficient (Wildman–Crippen LogP) is 4.28. The smallest absolute Gasteiger partial charge is 0.238 e. The Morgan fingerprint density at radius 1 is 0.968 bits per heavy atom. The van der Waals surface area contributed by atoms with E-state index in [0.717, 1.165) is 26.3 Å². The van der Waals surface area contributed by atoms with Crippen molar-refractivity contribution in [1.82, 2.24) is 0 Å². The number of rotatable bonds is 3. The first-order valence-electron chi connectivity index (χ1n) is 9.42. The number of aryl methyl sites for hydroxylation is 1. The number of primary sulfonamides is 1. The van der Waals surface area contributed by atoms with Crippen molar-refractivity contribution >= 4 is 31.4 Å². The van der Waals surface area contributed by atoms with Crippen LogP contribution < -0.4 is 20.0 Å². The zero-order chi connectivity index (χ0) is 21.8. The van der Waals surface area contributed by atoms with Gasteiger partial charge in [0.2, 0.25) is 16.8 Å². The van der Waals surface area contributed by atoms with Gasteiger partial charge in [0.1, 0.15) is 0 Å². The summed E-state index contributed by atoms with van der Waals surface area (Å²) in [6.07, 6.45) is 0. The van der Waals surface area contributed by atoms with Crippen molar-refractivity contribution in [1.29, 1.82) is 0 Å². The van der Waals surface area contributed by atoms with Crippen LogP contribution in [0.3, 0.4) is 0 Å². The highest BCUT2D eigenvalue weighted by atomic mass is 32.2. The Hall–Kier alpha value is -3.20. The zero-order valence-electron chi connectivity index (χ0n) is 16.4. The molecule has 0 amide bonds. The Morgan fingerprint density at radius 3 is 2.45 bits per heavy atom. The summed E-state index contributed by atoms with van der Waals surface area (Å²) in [6.45, 7) is 2.05. The highest BCUT2D eigenvalue weighted by Gasteiger charge is 2.22. The standard InChI is InChI=1S/C23H17NO5S2/c1-13-10-15(11-18-22(13)29-12-28-18)20-21(25)17-4-2-3-5-19(17)30-23(20)14-6-8-16(9-7-14)31(24,26)27/h2-11H,12H2,1H3,(H2,24,26,27). The molecule has 4 aromatic rings. The lowest BCUT2D eigenvalue weighted by atomic mass is 9.98. The van der Waals surface area contributed by atoms with E-state index < -0.39 is 10.0 Å². The van der Waals surface area contributed by atoms with Gasteiger partial charge in [-0.3, -0.25) is 4.79 Å². The van der Waals surface area contributed by atoms with E-state index in [9.17, 15) is 13.2 Å². The van der Waals surface area contributed by atoms with Crippen LogP contribution in [0.1, 0.15) is 5.56 Å². The van der Waals surface area contributed by atoms with Gasteiger partial charge in [0, 0.05) is 20.5 Å². The average molecular weight is 452 g/mol. The lowest BCUT2D eigenvalue weighted by Gasteiger charge is -2.13. The molecule has 0 spiro atoms. The molecule has 0 saturated heterocycles. The third-order valence-corrected chi connectivity index (χ3v) is 7.34. The summed E-state index contributed by atoms with van der Waals surface area (Å²) >= 11 is 1.48. The quantitative estimate of drug-likeness (QED) is 0.502. The molecule has 0 saturated carbocycles. The SMILES string of the molecule is Cc1cc(-c2c(-c3ccc(S(N)(=O)=O)cc3)sc3ccccc3c2=O)cc2c1OCO2. The summed E-state index contributed by atoms with van der Waals surface area (Å²) in [5, 5.41) is 5.86. The molecule has 156 valence electrons. The van der Waals surface area contributed by atoms with E-state index in [4.69, 9.17) is 14.6 Å². The van der Waals surface area contributed by atoms with Crippen LogP contribution >= 0.6 is 11.3 Å². The van der Waals surface area contributed by atoms with Crippen LogP contribution in [-0.2, 0) is 10.0 Å². The number of nitrogens with two attached hydrogens (primary N) is 1. The molecule has 3 aromatic carbocycles. The maximum Gasteiger partial charge on any atom is 0.238 e. The molecule has 2 N–H and O–H groups in total. The van der Waals surface area contributed by atoms with Crippen molar-refractivity contribution < 1.29 is 17.9 Å². The highest BCUT2D eigenvalue weighted by molar-refractivity contribution is 7.89. The molecule has 0 fully saturated rings. The fraction of sp³-hybridized carbons (Fsp3) is 0.0870. The number of hydrogen-bond acceptors (Lipinski definition) is 6. The van der Waals surface area contributed by atoms with Crippen LogP contribution in [0.5, 0.6) is 11.5 Å². The van der Waals surface area contributed by atoms with Crippen molar-refractivity contribution in [2.45, 2.75) is 11.8 Å². The van der Waals surface area contributed by atoms with Crippen LogP contribution in [0.15, 0.2) is 70.4 Å². The van der Waals surface area contributed by atoms with E-state index in [1.807, 2.05) is 43.3 Å². The third-order valence-electron chi connectivity index (χ3n) is 5.19. The molecule has 6 nitrogen and oxygen atoms in total. The van der Waals surface area contributed by atoms with Gasteiger partial charge in [-0.15, -0.1) is 11.3 Å². The van der Waals surface area contributed by atoms with Crippen molar-refractivity contribution in [3.8, 4) is 33.1 Å². The summed E-state index contributed by atoms with van der Waals surface area (Å²) in [4.78, 5) is 14.3. The minimum atomic E-state index is -3.81. The highest BCUT2D eigenvalue weighted by Crippen LogP contribution is 2.42. The molecule has 0 bridgehead atoms. The molecule has 0 unspecified atom stereocenters. The summed E-state index contributed by atoms with van der Waals surface area (Å²) in [7, 11) is -3.81. The zero-order valence-corrected chi connectivity index (χ0v) is 18.0. The minimum absolute atomic E-state index is 0.0184. The van der Waals surface area contributed by atoms with E-state index in [0.29, 0.717) is 22.4 Å². The third kappa shape index (κ3) is 3.38. The Labute approximate surface area is 182 Å². The molecule has 1 aliphatic heterocycles. The number of hydrogen-bond donors (Lipinski definition) is 1. The van der Waals surface area contributed by atoms with E-state index in [1.165, 1.54) is 23.5 Å². The van der Waals surface area contributed by atoms with Gasteiger partial charge in [-0.1, -0.05) is 24.3 Å². The molecule has 2 heterocycles. The second-order valence-electron chi connectivity index (χ2n) is 7.23. The molecule has 5 rings (SSSR count). The van der Waals surface area contributed by atoms with Gasteiger partial charge in [-0.25, -0.2) is 13.6 Å². The first kappa shape index (κ1) is 19.7. The van der Waals surface area contributed by atoms with Gasteiger partial charge >= 0.3 is 0 Å². The van der Waals surface area contributed by atoms with Crippen LogP contribution in [0.4, 0.5) is 0 Å². The average Bonchev–Trinajstić information content (AvgIpc) is 3.22. The van der Waals surface area contributed by atoms with Gasteiger partial charge in [0.25, 0.3) is 0 Å². The first-order chi connectivity index (χ1) is 14.8. The molecule has 31 heavy (non-hydrogen) atoms. The minimum Gasteiger partial charge on any atom is -0.454 e. The number of benzene rings is 3. The van der Waals surface area contributed by atoms with Gasteiger partial charge < -0.3 is 9.47 Å². The predicted molar refractivity (Wildman–Crippen MR) is 121 cm³/mol. The van der Waals surface area contributed by atoms with Crippen LogP contribution in [-0.4, -0.2) is 15.2 Å². The van der Waals surface area contributed by atoms with Crippen molar-refractivity contribution in [3.05, 3.63) is 76.5 Å². The molecular weight excluding hydrogens is 434 g/mol. The Kier molecular flexibility index (Phi) is 4.58. The lowest BCUT2D eigenvalue weighted by molar-refractivity contribution is 0.173. The number of fused-ring (bicyclic) bond motifs is 2. The van der Waals surface area contributed by atoms with E-state index >= 15 is 0 Å². The molecule has 1 aromatic heterocycles. The summed E-state index contributed by atoms with van der Waals surface area (Å²) in [5.41, 5.74) is 2.76. The van der Waals surface area contributed by atoms with Crippen LogP contribution in [0.25, 0.3) is 31.7 Å². The summed E-state index contributed by atoms with van der Waals surface area (Å²) < 4.78 is 35.2. The Morgan fingerprint density at radius 2 is 1.71 bits per heavy atom. The van der Waals surface area contributed by atoms with E-state index in [-0.39, 0.29) is 17.1 Å². The van der Waals surface area contributed by atoms with E-state index in [2.05, 4.69) is 0 Å². The molecular formula is C23H17NO5S2. The number of sulfonamides is 1. The van der Waals surface area contributed by atoms with Crippen molar-refractivity contribution in [2.75, 3.05) is 6.79 Å². The van der Waals surface area contributed by atoms with Gasteiger partial charge in [0.15, 0.2) is 16.9 Å². The molecule has 1 aliphatic rings. The molecule has 0 aliphatic carbocycles. The molecule has 8 heteroatoms. The fourth-order valence-corrected chi connectivity index (χ4v) is 5.45. The Bertz CT molecular complexity index is 1510. The van der Waals surface area contributed by atoms with Crippen molar-refractivity contribution in [3.63, 3.8) is 0 Å². The van der Waals surface area contributed by atoms with Gasteiger partial charge in [0.05, 0.1) is 4.90 Å². The largest absolute Gasteiger partial charge is 0.454 e. The topological polar surface area (TPSA) is 95.7 Å². The van der Waals surface area contributed by atoms with E-state index in [1.54, 1.807) is 12.1 Å². The second kappa shape index (κ2) is 7.19. The molecule has 0 radical (unpaired) electrons. The Balaban J connectivity index is 1.81. The lowest BCUT2D eigenvalue weighted by Crippen LogP contribution is -2.11. The number of ether oxygens (including phenoxy) is 2.